The number of aryl methyl sites for hydroxylation is 1. The van der Waals surface area contributed by atoms with Crippen LogP contribution in [0.4, 0.5) is 0 Å². The van der Waals surface area contributed by atoms with E-state index in [1.165, 1.54) is 5.56 Å². The van der Waals surface area contributed by atoms with E-state index in [-0.39, 0.29) is 0 Å². The molecule has 0 saturated carbocycles. The van der Waals surface area contributed by atoms with E-state index in [1.807, 2.05) is 18.2 Å². The fourth-order valence-corrected chi connectivity index (χ4v) is 1.98. The maximum Gasteiger partial charge on any atom is 0.237 e. The summed E-state index contributed by atoms with van der Waals surface area (Å²) in [5, 5.41) is 3.35. The zero-order chi connectivity index (χ0) is 15.1. The van der Waals surface area contributed by atoms with Crippen molar-refractivity contribution in [1.82, 2.24) is 15.3 Å². The molecule has 0 saturated heterocycles. The molecular weight excluding hydrogens is 262 g/mol. The molecule has 1 aromatic carbocycles. The molecule has 0 radical (unpaired) electrons. The van der Waals surface area contributed by atoms with E-state index in [1.54, 1.807) is 12.4 Å². The summed E-state index contributed by atoms with van der Waals surface area (Å²) in [6.07, 6.45) is 4.37. The zero-order valence-corrected chi connectivity index (χ0v) is 13.0. The van der Waals surface area contributed by atoms with Crippen LogP contribution in [0.1, 0.15) is 32.0 Å². The molecule has 4 heteroatoms. The van der Waals surface area contributed by atoms with Gasteiger partial charge in [0.15, 0.2) is 0 Å². The van der Waals surface area contributed by atoms with Gasteiger partial charge in [0, 0.05) is 6.54 Å². The normalized spacial score (nSPS) is 10.9. The number of rotatable bonds is 7. The highest BCUT2D eigenvalue weighted by atomic mass is 16.5. The lowest BCUT2D eigenvalue weighted by Crippen LogP contribution is -2.19. The molecule has 0 fully saturated rings. The highest BCUT2D eigenvalue weighted by Gasteiger charge is 2.04. The standard InChI is InChI=1S/C17H23N3O/c1-4-14-7-5-6-8-16(14)21-17-12-19-15(11-20-17)10-18-9-13(2)3/h5-8,11-13,18H,4,9-10H2,1-3H3. The van der Waals surface area contributed by atoms with E-state index in [4.69, 9.17) is 4.74 Å². The minimum Gasteiger partial charge on any atom is -0.437 e. The van der Waals surface area contributed by atoms with Crippen molar-refractivity contribution in [3.8, 4) is 11.6 Å². The van der Waals surface area contributed by atoms with Crippen LogP contribution in [-0.4, -0.2) is 16.5 Å². The number of benzene rings is 1. The predicted molar refractivity (Wildman–Crippen MR) is 84.5 cm³/mol. The van der Waals surface area contributed by atoms with Gasteiger partial charge in [-0.2, -0.15) is 0 Å². The molecule has 0 aliphatic rings. The third kappa shape index (κ3) is 4.83. The summed E-state index contributed by atoms with van der Waals surface area (Å²) in [7, 11) is 0. The van der Waals surface area contributed by atoms with E-state index in [2.05, 4.69) is 42.1 Å². The molecule has 1 aromatic heterocycles. The van der Waals surface area contributed by atoms with Gasteiger partial charge in [-0.15, -0.1) is 0 Å². The van der Waals surface area contributed by atoms with E-state index >= 15 is 0 Å². The fraction of sp³-hybridized carbons (Fsp3) is 0.412. The van der Waals surface area contributed by atoms with Crippen molar-refractivity contribution in [3.05, 3.63) is 47.9 Å². The van der Waals surface area contributed by atoms with Gasteiger partial charge < -0.3 is 10.1 Å². The number of nitrogens with one attached hydrogen (secondary N) is 1. The van der Waals surface area contributed by atoms with Crippen LogP contribution in [0.15, 0.2) is 36.7 Å². The highest BCUT2D eigenvalue weighted by molar-refractivity contribution is 5.35. The summed E-state index contributed by atoms with van der Waals surface area (Å²) >= 11 is 0. The van der Waals surface area contributed by atoms with Gasteiger partial charge in [0.25, 0.3) is 0 Å². The molecule has 0 amide bonds. The summed E-state index contributed by atoms with van der Waals surface area (Å²) in [5.41, 5.74) is 2.09. The number of nitrogens with zero attached hydrogens (tertiary/aromatic N) is 2. The minimum absolute atomic E-state index is 0.531. The molecule has 21 heavy (non-hydrogen) atoms. The Bertz CT molecular complexity index is 552. The van der Waals surface area contributed by atoms with Crippen molar-refractivity contribution >= 4 is 0 Å². The van der Waals surface area contributed by atoms with Gasteiger partial charge in [0.1, 0.15) is 5.75 Å². The zero-order valence-electron chi connectivity index (χ0n) is 13.0. The van der Waals surface area contributed by atoms with Gasteiger partial charge in [0.2, 0.25) is 5.88 Å². The summed E-state index contributed by atoms with van der Waals surface area (Å²) < 4.78 is 5.80. The van der Waals surface area contributed by atoms with Crippen LogP contribution in [0.25, 0.3) is 0 Å². The number of hydrogen-bond acceptors (Lipinski definition) is 4. The number of aromatic nitrogens is 2. The molecule has 0 bridgehead atoms. The molecular formula is C17H23N3O. The lowest BCUT2D eigenvalue weighted by atomic mass is 10.1. The van der Waals surface area contributed by atoms with Gasteiger partial charge in [-0.1, -0.05) is 39.0 Å². The summed E-state index contributed by atoms with van der Waals surface area (Å²) in [4.78, 5) is 8.70. The molecule has 0 spiro atoms. The first kappa shape index (κ1) is 15.4. The van der Waals surface area contributed by atoms with Crippen LogP contribution in [-0.2, 0) is 13.0 Å². The van der Waals surface area contributed by atoms with Gasteiger partial charge in [-0.25, -0.2) is 4.98 Å². The van der Waals surface area contributed by atoms with E-state index < -0.39 is 0 Å². The molecule has 2 rings (SSSR count). The van der Waals surface area contributed by atoms with Crippen LogP contribution in [0.3, 0.4) is 0 Å². The fourth-order valence-electron chi connectivity index (χ4n) is 1.98. The van der Waals surface area contributed by atoms with Gasteiger partial charge in [-0.05, 0) is 30.5 Å². The second kappa shape index (κ2) is 7.74. The summed E-state index contributed by atoms with van der Waals surface area (Å²) in [6.45, 7) is 8.18. The lowest BCUT2D eigenvalue weighted by Gasteiger charge is -2.09. The Labute approximate surface area is 126 Å². The maximum atomic E-state index is 5.80. The average molecular weight is 285 g/mol. The molecule has 1 heterocycles. The van der Waals surface area contributed by atoms with Crippen molar-refractivity contribution in [2.75, 3.05) is 6.54 Å². The Morgan fingerprint density at radius 2 is 1.95 bits per heavy atom. The predicted octanol–water partition coefficient (Wildman–Crippen LogP) is 3.58. The molecule has 0 aliphatic heterocycles. The van der Waals surface area contributed by atoms with Crippen LogP contribution in [0.2, 0.25) is 0 Å². The SMILES string of the molecule is CCc1ccccc1Oc1cnc(CNCC(C)C)cn1. The summed E-state index contributed by atoms with van der Waals surface area (Å²) in [5.74, 6) is 2.01. The Kier molecular flexibility index (Phi) is 5.69. The minimum atomic E-state index is 0.531. The van der Waals surface area contributed by atoms with E-state index in [0.717, 1.165) is 31.0 Å². The van der Waals surface area contributed by atoms with Gasteiger partial charge in [-0.3, -0.25) is 4.98 Å². The topological polar surface area (TPSA) is 47.0 Å². The second-order valence-corrected chi connectivity index (χ2v) is 5.43. The maximum absolute atomic E-state index is 5.80. The first-order valence-corrected chi connectivity index (χ1v) is 7.46. The Morgan fingerprint density at radius 1 is 1.14 bits per heavy atom. The van der Waals surface area contributed by atoms with Crippen molar-refractivity contribution in [1.29, 1.82) is 0 Å². The van der Waals surface area contributed by atoms with E-state index in [0.29, 0.717) is 11.8 Å². The number of para-hydroxylation sites is 1. The molecule has 0 unspecified atom stereocenters. The molecule has 112 valence electrons. The van der Waals surface area contributed by atoms with Crippen molar-refractivity contribution in [3.63, 3.8) is 0 Å². The number of hydrogen-bond donors (Lipinski definition) is 1. The Morgan fingerprint density at radius 3 is 2.62 bits per heavy atom. The smallest absolute Gasteiger partial charge is 0.237 e. The van der Waals surface area contributed by atoms with E-state index in [9.17, 15) is 0 Å². The van der Waals surface area contributed by atoms with Crippen molar-refractivity contribution in [2.24, 2.45) is 5.92 Å². The first-order chi connectivity index (χ1) is 10.2. The molecule has 2 aromatic rings. The third-order valence-corrected chi connectivity index (χ3v) is 3.11. The monoisotopic (exact) mass is 285 g/mol. The van der Waals surface area contributed by atoms with Gasteiger partial charge in [0.05, 0.1) is 18.1 Å². The van der Waals surface area contributed by atoms with Crippen LogP contribution in [0, 0.1) is 5.92 Å². The molecule has 1 N–H and O–H groups in total. The lowest BCUT2D eigenvalue weighted by molar-refractivity contribution is 0.453. The highest BCUT2D eigenvalue weighted by Crippen LogP contribution is 2.23. The first-order valence-electron chi connectivity index (χ1n) is 7.46. The van der Waals surface area contributed by atoms with Crippen molar-refractivity contribution < 1.29 is 4.74 Å². The van der Waals surface area contributed by atoms with Crippen LogP contribution in [0.5, 0.6) is 11.6 Å². The quantitative estimate of drug-likeness (QED) is 0.844. The van der Waals surface area contributed by atoms with Crippen LogP contribution >= 0.6 is 0 Å². The molecule has 4 nitrogen and oxygen atoms in total. The second-order valence-electron chi connectivity index (χ2n) is 5.43. The van der Waals surface area contributed by atoms with Gasteiger partial charge >= 0.3 is 0 Å². The Balaban J connectivity index is 1.96. The number of ether oxygens (including phenoxy) is 1. The third-order valence-electron chi connectivity index (χ3n) is 3.11. The summed E-state index contributed by atoms with van der Waals surface area (Å²) in [6, 6.07) is 8.00. The average Bonchev–Trinajstić information content (AvgIpc) is 2.49. The molecule has 0 aliphatic carbocycles. The largest absolute Gasteiger partial charge is 0.437 e. The molecule has 0 atom stereocenters. The Hall–Kier alpha value is -1.94. The van der Waals surface area contributed by atoms with Crippen LogP contribution < -0.4 is 10.1 Å². The van der Waals surface area contributed by atoms with Crippen molar-refractivity contribution in [2.45, 2.75) is 33.7 Å².